The fraction of sp³-hybridized carbons (Fsp3) is 0.111. The minimum Gasteiger partial charge on any atom is -0.438 e. The average molecular weight is 514 g/mol. The summed E-state index contributed by atoms with van der Waals surface area (Å²) in [6.45, 7) is 0. The zero-order chi connectivity index (χ0) is 22.1. The Labute approximate surface area is 178 Å². The number of hydrogen-bond acceptors (Lipinski definition) is 4. The van der Waals surface area contributed by atoms with E-state index >= 15 is 0 Å². The zero-order valence-electron chi connectivity index (χ0n) is 14.4. The Morgan fingerprint density at radius 1 is 0.733 bits per heavy atom. The van der Waals surface area contributed by atoms with Gasteiger partial charge in [-0.1, -0.05) is 11.6 Å². The highest BCUT2D eigenvalue weighted by molar-refractivity contribution is 9.10. The summed E-state index contributed by atoms with van der Waals surface area (Å²) in [5.74, 6) is -0.949. The number of rotatable bonds is 4. The van der Waals surface area contributed by atoms with Crippen LogP contribution in [0.2, 0.25) is 5.02 Å². The average Bonchev–Trinajstić information content (AvgIpc) is 2.64. The lowest BCUT2D eigenvalue weighted by Crippen LogP contribution is -2.05. The van der Waals surface area contributed by atoms with Gasteiger partial charge < -0.3 is 9.47 Å². The van der Waals surface area contributed by atoms with Gasteiger partial charge in [0.15, 0.2) is 0 Å². The van der Waals surface area contributed by atoms with Crippen molar-refractivity contribution in [2.45, 2.75) is 12.4 Å². The van der Waals surface area contributed by atoms with Crippen molar-refractivity contribution in [2.75, 3.05) is 0 Å². The van der Waals surface area contributed by atoms with Gasteiger partial charge in [-0.25, -0.2) is 9.97 Å². The van der Waals surface area contributed by atoms with Gasteiger partial charge in [-0.2, -0.15) is 26.3 Å². The molecule has 0 bridgehead atoms. The quantitative estimate of drug-likeness (QED) is 0.339. The maximum Gasteiger partial charge on any atom is 0.416 e. The molecule has 0 aliphatic heterocycles. The minimum atomic E-state index is -4.61. The van der Waals surface area contributed by atoms with Crippen molar-refractivity contribution in [3.8, 4) is 23.3 Å². The molecule has 30 heavy (non-hydrogen) atoms. The third-order valence-electron chi connectivity index (χ3n) is 3.56. The SMILES string of the molecule is FC(F)(F)c1ccc(Cl)c(Oc2cc(Oc3cc(C(F)(F)F)ccc3Br)ncn2)c1. The summed E-state index contributed by atoms with van der Waals surface area (Å²) in [5.41, 5.74) is -1.93. The van der Waals surface area contributed by atoms with Gasteiger partial charge >= 0.3 is 12.4 Å². The Morgan fingerprint density at radius 3 is 1.80 bits per heavy atom. The second kappa shape index (κ2) is 8.31. The first-order chi connectivity index (χ1) is 13.9. The highest BCUT2D eigenvalue weighted by atomic mass is 79.9. The first-order valence-electron chi connectivity index (χ1n) is 7.85. The van der Waals surface area contributed by atoms with Gasteiger partial charge in [0.05, 0.1) is 26.7 Å². The summed E-state index contributed by atoms with van der Waals surface area (Å²) in [7, 11) is 0. The van der Waals surface area contributed by atoms with Crippen molar-refractivity contribution in [3.63, 3.8) is 0 Å². The molecule has 0 aliphatic rings. The third-order valence-corrected chi connectivity index (χ3v) is 4.53. The Morgan fingerprint density at radius 2 is 1.23 bits per heavy atom. The molecule has 1 heterocycles. The van der Waals surface area contributed by atoms with Crippen LogP contribution in [0.4, 0.5) is 26.3 Å². The van der Waals surface area contributed by atoms with Crippen LogP contribution in [0.1, 0.15) is 11.1 Å². The number of benzene rings is 2. The molecule has 0 aliphatic carbocycles. The van der Waals surface area contributed by atoms with E-state index in [1.807, 2.05) is 0 Å². The van der Waals surface area contributed by atoms with Crippen molar-refractivity contribution < 1.29 is 35.8 Å². The normalized spacial score (nSPS) is 12.0. The lowest BCUT2D eigenvalue weighted by atomic mass is 10.2. The monoisotopic (exact) mass is 512 g/mol. The number of ether oxygens (including phenoxy) is 2. The van der Waals surface area contributed by atoms with E-state index in [9.17, 15) is 26.3 Å². The van der Waals surface area contributed by atoms with E-state index in [1.54, 1.807) is 0 Å². The van der Waals surface area contributed by atoms with Gasteiger partial charge in [0.1, 0.15) is 17.8 Å². The van der Waals surface area contributed by atoms with Crippen LogP contribution >= 0.6 is 27.5 Å². The summed E-state index contributed by atoms with van der Waals surface area (Å²) >= 11 is 8.94. The van der Waals surface area contributed by atoms with E-state index in [0.717, 1.165) is 42.7 Å². The first kappa shape index (κ1) is 22.2. The molecule has 0 saturated heterocycles. The van der Waals surface area contributed by atoms with Gasteiger partial charge in [0.25, 0.3) is 0 Å². The van der Waals surface area contributed by atoms with E-state index in [0.29, 0.717) is 6.07 Å². The largest absolute Gasteiger partial charge is 0.438 e. The van der Waals surface area contributed by atoms with Crippen molar-refractivity contribution in [2.24, 2.45) is 0 Å². The van der Waals surface area contributed by atoms with Crippen LogP contribution in [0, 0.1) is 0 Å². The fourth-order valence-electron chi connectivity index (χ4n) is 2.18. The molecular weight excluding hydrogens is 506 g/mol. The van der Waals surface area contributed by atoms with Crippen LogP contribution in [0.15, 0.2) is 53.3 Å². The molecule has 12 heteroatoms. The molecule has 0 fully saturated rings. The summed E-state index contributed by atoms with van der Waals surface area (Å²) in [6.07, 6.45) is -8.23. The van der Waals surface area contributed by atoms with Crippen molar-refractivity contribution in [3.05, 3.63) is 69.4 Å². The lowest BCUT2D eigenvalue weighted by molar-refractivity contribution is -0.138. The van der Waals surface area contributed by atoms with Gasteiger partial charge in [-0.15, -0.1) is 0 Å². The molecule has 0 atom stereocenters. The highest BCUT2D eigenvalue weighted by Gasteiger charge is 2.32. The number of alkyl halides is 6. The van der Waals surface area contributed by atoms with Crippen molar-refractivity contribution in [1.29, 1.82) is 0 Å². The molecule has 158 valence electrons. The molecule has 0 radical (unpaired) electrons. The van der Waals surface area contributed by atoms with Gasteiger partial charge in [-0.05, 0) is 52.3 Å². The molecule has 3 rings (SSSR count). The molecule has 0 N–H and O–H groups in total. The Bertz CT molecular complexity index is 995. The van der Waals surface area contributed by atoms with Gasteiger partial charge in [0, 0.05) is 0 Å². The van der Waals surface area contributed by atoms with E-state index < -0.39 is 23.5 Å². The Balaban J connectivity index is 1.86. The Kier molecular flexibility index (Phi) is 6.14. The highest BCUT2D eigenvalue weighted by Crippen LogP contribution is 2.38. The van der Waals surface area contributed by atoms with E-state index in [4.69, 9.17) is 21.1 Å². The zero-order valence-corrected chi connectivity index (χ0v) is 16.7. The predicted molar refractivity (Wildman–Crippen MR) is 97.8 cm³/mol. The summed E-state index contributed by atoms with van der Waals surface area (Å²) in [5, 5.41) is -0.107. The summed E-state index contributed by atoms with van der Waals surface area (Å²) in [4.78, 5) is 7.50. The predicted octanol–water partition coefficient (Wildman–Crippen LogP) is 7.51. The van der Waals surface area contributed by atoms with Gasteiger partial charge in [-0.3, -0.25) is 0 Å². The molecule has 1 aromatic heterocycles. The second-order valence-electron chi connectivity index (χ2n) is 5.68. The Hall–Kier alpha value is -2.53. The summed E-state index contributed by atoms with van der Waals surface area (Å²) in [6, 6.07) is 6.35. The third kappa shape index (κ3) is 5.33. The maximum absolute atomic E-state index is 12.9. The van der Waals surface area contributed by atoms with Crippen molar-refractivity contribution in [1.82, 2.24) is 9.97 Å². The van der Waals surface area contributed by atoms with E-state index in [1.165, 1.54) is 0 Å². The molecule has 0 saturated carbocycles. The fourth-order valence-corrected chi connectivity index (χ4v) is 2.66. The molecule has 2 aromatic carbocycles. The van der Waals surface area contributed by atoms with Crippen LogP contribution in [0.25, 0.3) is 0 Å². The molecule has 0 amide bonds. The summed E-state index contributed by atoms with van der Waals surface area (Å²) < 4.78 is 88.1. The number of halogens is 8. The molecule has 0 unspecified atom stereocenters. The minimum absolute atomic E-state index is 0.107. The van der Waals surface area contributed by atoms with Crippen LogP contribution in [0.5, 0.6) is 23.3 Å². The van der Waals surface area contributed by atoms with E-state index in [-0.39, 0.29) is 32.8 Å². The van der Waals surface area contributed by atoms with Crippen LogP contribution in [-0.4, -0.2) is 9.97 Å². The van der Waals surface area contributed by atoms with E-state index in [2.05, 4.69) is 25.9 Å². The standard InChI is InChI=1S/C18H8BrClF6N2O2/c19-11-3-1-9(17(21,22)23)5-13(11)29-15-7-16(28-8-27-15)30-14-6-10(18(24,25)26)2-4-12(14)20/h1-8H. The van der Waals surface area contributed by atoms with Crippen molar-refractivity contribution >= 4 is 27.5 Å². The molecular formula is C18H8BrClF6N2O2. The topological polar surface area (TPSA) is 44.2 Å². The number of nitrogens with zero attached hydrogens (tertiary/aromatic N) is 2. The van der Waals surface area contributed by atoms with Crippen LogP contribution < -0.4 is 9.47 Å². The smallest absolute Gasteiger partial charge is 0.416 e. The second-order valence-corrected chi connectivity index (χ2v) is 6.95. The lowest BCUT2D eigenvalue weighted by Gasteiger charge is -2.13. The van der Waals surface area contributed by atoms with Gasteiger partial charge in [0.2, 0.25) is 11.8 Å². The first-order valence-corrected chi connectivity index (χ1v) is 9.02. The molecule has 0 spiro atoms. The number of aromatic nitrogens is 2. The number of hydrogen-bond donors (Lipinski definition) is 0. The maximum atomic E-state index is 12.9. The molecule has 4 nitrogen and oxygen atoms in total. The van der Waals surface area contributed by atoms with Crippen LogP contribution in [0.3, 0.4) is 0 Å². The molecule has 3 aromatic rings. The van der Waals surface area contributed by atoms with Crippen LogP contribution in [-0.2, 0) is 12.4 Å².